The van der Waals surface area contributed by atoms with Crippen LogP contribution >= 0.6 is 558 Å². The van der Waals surface area contributed by atoms with Crippen molar-refractivity contribution in [2.24, 2.45) is 0 Å². The molecule has 35 heteroatoms. The molecule has 0 rings (SSSR count). The summed E-state index contributed by atoms with van der Waals surface area (Å²) in [5.74, 6) is 0. The van der Waals surface area contributed by atoms with Crippen LogP contribution in [0.25, 0.3) is 0 Å². The van der Waals surface area contributed by atoms with Crippen LogP contribution in [-0.4, -0.2) is 50.6 Å². The van der Waals surface area contributed by atoms with Crippen LogP contribution in [0.4, 0.5) is 0 Å². The van der Waals surface area contributed by atoms with Gasteiger partial charge in [-0.3, -0.25) is 0 Å². The quantitative estimate of drug-likeness (QED) is 0.143. The van der Waals surface area contributed by atoms with Gasteiger partial charge in [0, 0.05) is 0 Å². The fourth-order valence-electron chi connectivity index (χ4n) is 2.86. The predicted molar refractivity (Wildman–Crippen MR) is 359 cm³/mol. The molecule has 0 atom stereocenters. The molecular weight excluding hydrogens is 3000 g/mol. The van der Waals surface area contributed by atoms with Crippen molar-refractivity contribution < 1.29 is 0 Å². The zero-order valence-corrected chi connectivity index (χ0v) is 77.2. The number of hydrogen-bond acceptors (Lipinski definition) is 0. The normalized spacial score (nSPS) is 17.3. The summed E-state index contributed by atoms with van der Waals surface area (Å²) in [7, 11) is 0. The summed E-state index contributed by atoms with van der Waals surface area (Å²) in [6.07, 6.45) is 0. The van der Waals surface area contributed by atoms with Crippen LogP contribution in [0, 0.1) is 3.74 Å². The summed E-state index contributed by atoms with van der Waals surface area (Å²) in [4.78, 5) is 0. The van der Waals surface area contributed by atoms with Gasteiger partial charge in [-0.05, 0) is 0 Å². The molecule has 52 heavy (non-hydrogen) atoms. The summed E-state index contributed by atoms with van der Waals surface area (Å²) in [6.45, 7) is 0. The first kappa shape index (κ1) is 68.8. The third-order valence-corrected chi connectivity index (χ3v) is 79.5. The van der Waals surface area contributed by atoms with Crippen molar-refractivity contribution >= 4 is 558 Å². The summed E-state index contributed by atoms with van der Waals surface area (Å²) < 4.78 is -18.4. The molecule has 0 aliphatic carbocycles. The molecule has 313 valence electrons. The van der Waals surface area contributed by atoms with Gasteiger partial charge in [-0.25, -0.2) is 0 Å². The Morgan fingerprint density at radius 1 is 0.173 bits per heavy atom. The van der Waals surface area contributed by atoms with E-state index in [-0.39, 0.29) is 0 Å². The van der Waals surface area contributed by atoms with E-state index in [1.165, 1.54) is 0 Å². The lowest BCUT2D eigenvalue weighted by Crippen LogP contribution is -2.73. The zero-order chi connectivity index (χ0) is 43.6. The third-order valence-electron chi connectivity index (χ3n) is 6.11. The van der Waals surface area contributed by atoms with Gasteiger partial charge in [0.25, 0.3) is 0 Å². The van der Waals surface area contributed by atoms with Crippen LogP contribution in [0.15, 0.2) is 0 Å². The van der Waals surface area contributed by atoms with Gasteiger partial charge in [-0.2, -0.15) is 0 Å². The highest BCUT2D eigenvalue weighted by atomic mass is 80.0. The Morgan fingerprint density at radius 3 is 0.404 bits per heavy atom. The molecule has 0 heterocycles. The maximum Gasteiger partial charge on any atom is 0.162 e. The molecule has 1 radical (unpaired) electrons. The largest absolute Gasteiger partial charge is 0.162 e. The average molecular weight is 3000 g/mol. The van der Waals surface area contributed by atoms with Crippen molar-refractivity contribution in [2.75, 3.05) is 0 Å². The minimum absolute atomic E-state index is 0.628. The first-order valence-electron chi connectivity index (χ1n) is 10.6. The maximum absolute atomic E-state index is 4.02. The Bertz CT molecular complexity index is 1290. The molecule has 0 aromatic rings. The van der Waals surface area contributed by atoms with Crippen molar-refractivity contribution in [3.63, 3.8) is 0 Å². The molecule has 0 spiro atoms. The molecule has 0 aromatic carbocycles. The second-order valence-corrected chi connectivity index (χ2v) is 70.4. The maximum atomic E-state index is 4.02. The average Bonchev–Trinajstić information content (AvgIpc) is 2.90. The van der Waals surface area contributed by atoms with Crippen molar-refractivity contribution in [3.05, 3.63) is 3.74 Å². The van der Waals surface area contributed by atoms with E-state index in [1.807, 2.05) is 0 Å². The van der Waals surface area contributed by atoms with Crippen LogP contribution in [0.2, 0.25) is 0 Å². The van der Waals surface area contributed by atoms with Gasteiger partial charge in [-0.15, -0.1) is 0 Å². The Labute approximate surface area is 596 Å². The van der Waals surface area contributed by atoms with E-state index in [4.69, 9.17) is 0 Å². The fraction of sp³-hybridized carbons (Fsp3) is 0.941. The Morgan fingerprint density at radius 2 is 0.288 bits per heavy atom. The van der Waals surface area contributed by atoms with Gasteiger partial charge < -0.3 is 0 Å². The Kier molecular flexibility index (Phi) is 29.9. The van der Waals surface area contributed by atoms with E-state index in [2.05, 4.69) is 558 Å². The standard InChI is InChI=1S/C17Br35/c18-1(19)2(20,21)3(22,23)4(24,25)5(26,27)6(28,29)7(30,31)8(32,33)9(34,35)10(36,37)11(38,39)12(40,41)13(42,43)14(44,45)15(46,47)16(48,49)17(50,51)52. The lowest BCUT2D eigenvalue weighted by Gasteiger charge is -2.62. The molecule has 0 saturated heterocycles. The Hall–Kier alpha value is 16.8. The minimum Gasteiger partial charge on any atom is -0.0675 e. The van der Waals surface area contributed by atoms with E-state index >= 15 is 0 Å². The van der Waals surface area contributed by atoms with Crippen molar-refractivity contribution in [2.45, 2.75) is 50.6 Å². The highest BCUT2D eigenvalue weighted by Gasteiger charge is 2.84. The first-order chi connectivity index (χ1) is 21.7. The fourth-order valence-corrected chi connectivity index (χ4v) is 37.3. The van der Waals surface area contributed by atoms with Gasteiger partial charge in [0.15, 0.2) is 2.14 Å². The highest BCUT2D eigenvalue weighted by Crippen LogP contribution is 2.83. The van der Waals surface area contributed by atoms with Crippen LogP contribution in [0.5, 0.6) is 0 Å². The van der Waals surface area contributed by atoms with Gasteiger partial charge in [-0.1, -0.05) is 558 Å². The first-order valence-corrected chi connectivity index (χ1v) is 38.4. The Balaban J connectivity index is 7.74. The minimum atomic E-state index is -1.32. The van der Waals surface area contributed by atoms with E-state index in [1.54, 1.807) is 0 Å². The number of hydrogen-bond donors (Lipinski definition) is 0. The van der Waals surface area contributed by atoms with Crippen molar-refractivity contribution in [1.29, 1.82) is 0 Å². The lowest BCUT2D eigenvalue weighted by atomic mass is 10.0. The lowest BCUT2D eigenvalue weighted by molar-refractivity contribution is 0.525. The summed E-state index contributed by atoms with van der Waals surface area (Å²) in [5, 5.41) is 0. The van der Waals surface area contributed by atoms with E-state index < -0.39 is 50.6 Å². The molecule has 0 saturated carbocycles. The molecular formula is C17Br35. The smallest absolute Gasteiger partial charge is 0.0675 e. The molecule has 0 N–H and O–H groups in total. The SMILES string of the molecule is Br[C](Br)C(Br)(Br)C(Br)(Br)C(Br)(Br)C(Br)(Br)C(Br)(Br)C(Br)(Br)C(Br)(Br)C(Br)(Br)C(Br)(Br)C(Br)(Br)C(Br)(Br)C(Br)(Br)C(Br)(Br)C(Br)(Br)C(Br)(Br)C(Br)(Br)Br. The van der Waals surface area contributed by atoms with E-state index in [9.17, 15) is 0 Å². The third kappa shape index (κ3) is 11.6. The molecule has 0 aliphatic heterocycles. The molecule has 0 aliphatic rings. The van der Waals surface area contributed by atoms with Gasteiger partial charge in [0.1, 0.15) is 52.2 Å². The second kappa shape index (κ2) is 22.6. The molecule has 0 fully saturated rings. The van der Waals surface area contributed by atoms with Crippen molar-refractivity contribution in [1.82, 2.24) is 0 Å². The molecule has 0 unspecified atom stereocenters. The van der Waals surface area contributed by atoms with Crippen LogP contribution in [-0.2, 0) is 0 Å². The van der Waals surface area contributed by atoms with Gasteiger partial charge in [0.2, 0.25) is 0 Å². The molecule has 0 amide bonds. The number of rotatable bonds is 15. The summed E-state index contributed by atoms with van der Waals surface area (Å²) >= 11 is 136. The van der Waals surface area contributed by atoms with Crippen molar-refractivity contribution in [3.8, 4) is 0 Å². The van der Waals surface area contributed by atoms with Gasteiger partial charge >= 0.3 is 0 Å². The van der Waals surface area contributed by atoms with E-state index in [0.29, 0.717) is 3.74 Å². The van der Waals surface area contributed by atoms with Crippen LogP contribution in [0.3, 0.4) is 0 Å². The second-order valence-electron chi connectivity index (χ2n) is 9.37. The molecule has 0 bridgehead atoms. The topological polar surface area (TPSA) is 0 Å². The summed E-state index contributed by atoms with van der Waals surface area (Å²) in [5.41, 5.74) is 0. The zero-order valence-electron chi connectivity index (χ0n) is 21.7. The number of halogens is 35. The summed E-state index contributed by atoms with van der Waals surface area (Å²) in [6, 6.07) is 0. The molecule has 0 aromatic heterocycles. The predicted octanol–water partition coefficient (Wildman–Crippen LogP) is 26.4. The van der Waals surface area contributed by atoms with Crippen LogP contribution < -0.4 is 0 Å². The molecule has 0 nitrogen and oxygen atoms in total. The van der Waals surface area contributed by atoms with E-state index in [0.717, 1.165) is 0 Å². The highest BCUT2D eigenvalue weighted by molar-refractivity contribution is 9.43. The van der Waals surface area contributed by atoms with Gasteiger partial charge in [0.05, 0.1) is 0 Å². The number of alkyl halides is 33. The van der Waals surface area contributed by atoms with Crippen LogP contribution in [0.1, 0.15) is 0 Å². The monoisotopic (exact) mass is 2970 g/mol.